The summed E-state index contributed by atoms with van der Waals surface area (Å²) >= 11 is 0. The second-order valence-electron chi connectivity index (χ2n) is 7.65. The molecule has 0 aliphatic carbocycles. The van der Waals surface area contributed by atoms with Gasteiger partial charge < -0.3 is 24.6 Å². The molecule has 8 heteroatoms. The lowest BCUT2D eigenvalue weighted by Crippen LogP contribution is -2.53. The van der Waals surface area contributed by atoms with Crippen LogP contribution in [-0.4, -0.2) is 94.3 Å². The van der Waals surface area contributed by atoms with Gasteiger partial charge in [0.05, 0.1) is 14.2 Å². The summed E-state index contributed by atoms with van der Waals surface area (Å²) in [5.74, 6) is 2.82. The molecule has 0 saturated carbocycles. The second-order valence-corrected chi connectivity index (χ2v) is 7.65. The van der Waals surface area contributed by atoms with Crippen molar-refractivity contribution in [2.24, 2.45) is 4.99 Å². The SMILES string of the molecule is CN=C(NCC1CCCN1C)N1CCN(Cc2cc(OC)ccc2OC)CC1.I. The number of rotatable bonds is 6. The number of nitrogens with one attached hydrogen (secondary N) is 1. The Balaban J connectivity index is 0.00000300. The first kappa shape index (κ1) is 24.0. The van der Waals surface area contributed by atoms with E-state index in [4.69, 9.17) is 9.47 Å². The largest absolute Gasteiger partial charge is 0.497 e. The van der Waals surface area contributed by atoms with Gasteiger partial charge in [-0.25, -0.2) is 0 Å². The first-order chi connectivity index (χ1) is 13.6. The molecule has 2 fully saturated rings. The molecule has 1 atom stereocenters. The second kappa shape index (κ2) is 11.8. The number of methoxy groups -OCH3 is 2. The lowest BCUT2D eigenvalue weighted by molar-refractivity contribution is 0.170. The van der Waals surface area contributed by atoms with Crippen LogP contribution in [0.1, 0.15) is 18.4 Å². The maximum atomic E-state index is 5.53. The number of guanidine groups is 1. The minimum absolute atomic E-state index is 0. The zero-order valence-electron chi connectivity index (χ0n) is 18.2. The van der Waals surface area contributed by atoms with Gasteiger partial charge in [-0.05, 0) is 44.6 Å². The van der Waals surface area contributed by atoms with Crippen LogP contribution in [0.25, 0.3) is 0 Å². The number of halogens is 1. The Morgan fingerprint density at radius 2 is 1.90 bits per heavy atom. The fourth-order valence-corrected chi connectivity index (χ4v) is 4.14. The van der Waals surface area contributed by atoms with E-state index in [0.717, 1.165) is 56.7 Å². The molecule has 0 bridgehead atoms. The molecule has 0 spiro atoms. The number of benzene rings is 1. The van der Waals surface area contributed by atoms with Crippen molar-refractivity contribution in [1.29, 1.82) is 0 Å². The summed E-state index contributed by atoms with van der Waals surface area (Å²) in [6.07, 6.45) is 2.57. The minimum atomic E-state index is 0. The number of likely N-dealkylation sites (tertiary alicyclic amines) is 1. The van der Waals surface area contributed by atoms with E-state index in [1.54, 1.807) is 14.2 Å². The summed E-state index contributed by atoms with van der Waals surface area (Å²) in [5.41, 5.74) is 1.17. The van der Waals surface area contributed by atoms with E-state index in [0.29, 0.717) is 6.04 Å². The number of piperazine rings is 1. The zero-order valence-corrected chi connectivity index (χ0v) is 20.5. The Bertz CT molecular complexity index is 664. The maximum Gasteiger partial charge on any atom is 0.193 e. The van der Waals surface area contributed by atoms with Gasteiger partial charge in [-0.15, -0.1) is 24.0 Å². The monoisotopic (exact) mass is 517 g/mol. The van der Waals surface area contributed by atoms with Crippen molar-refractivity contribution in [3.63, 3.8) is 0 Å². The highest BCUT2D eigenvalue weighted by atomic mass is 127. The smallest absolute Gasteiger partial charge is 0.193 e. The molecule has 1 unspecified atom stereocenters. The van der Waals surface area contributed by atoms with Crippen LogP contribution in [0.4, 0.5) is 0 Å². The highest BCUT2D eigenvalue weighted by Gasteiger charge is 2.24. The van der Waals surface area contributed by atoms with E-state index in [1.807, 2.05) is 19.2 Å². The molecule has 2 heterocycles. The van der Waals surface area contributed by atoms with Crippen molar-refractivity contribution < 1.29 is 9.47 Å². The van der Waals surface area contributed by atoms with Gasteiger partial charge in [-0.2, -0.15) is 0 Å². The molecule has 7 nitrogen and oxygen atoms in total. The number of ether oxygens (including phenoxy) is 2. The van der Waals surface area contributed by atoms with E-state index in [2.05, 4.69) is 38.1 Å². The van der Waals surface area contributed by atoms with Gasteiger partial charge in [0.15, 0.2) is 5.96 Å². The molecule has 0 radical (unpaired) electrons. The summed E-state index contributed by atoms with van der Waals surface area (Å²) in [6, 6.07) is 6.62. The van der Waals surface area contributed by atoms with Gasteiger partial charge in [0, 0.05) is 57.9 Å². The van der Waals surface area contributed by atoms with E-state index in [-0.39, 0.29) is 24.0 Å². The third kappa shape index (κ3) is 6.36. The highest BCUT2D eigenvalue weighted by Crippen LogP contribution is 2.25. The Morgan fingerprint density at radius 3 is 2.48 bits per heavy atom. The predicted molar refractivity (Wildman–Crippen MR) is 129 cm³/mol. The van der Waals surface area contributed by atoms with Crippen molar-refractivity contribution >= 4 is 29.9 Å². The normalized spacial score (nSPS) is 21.0. The molecule has 0 aromatic heterocycles. The van der Waals surface area contributed by atoms with E-state index >= 15 is 0 Å². The van der Waals surface area contributed by atoms with Gasteiger partial charge in [0.25, 0.3) is 0 Å². The third-order valence-electron chi connectivity index (χ3n) is 5.93. The van der Waals surface area contributed by atoms with Crippen LogP contribution >= 0.6 is 24.0 Å². The minimum Gasteiger partial charge on any atom is -0.497 e. The van der Waals surface area contributed by atoms with E-state index in [1.165, 1.54) is 24.9 Å². The molecule has 1 aromatic rings. The Hall–Kier alpha value is -1.26. The van der Waals surface area contributed by atoms with Crippen molar-refractivity contribution in [2.45, 2.75) is 25.4 Å². The molecule has 2 aliphatic heterocycles. The van der Waals surface area contributed by atoms with Crippen LogP contribution in [0.3, 0.4) is 0 Å². The molecule has 2 aliphatic rings. The number of nitrogens with zero attached hydrogens (tertiary/aromatic N) is 4. The van der Waals surface area contributed by atoms with Gasteiger partial charge in [-0.3, -0.25) is 9.89 Å². The van der Waals surface area contributed by atoms with Gasteiger partial charge in [0.2, 0.25) is 0 Å². The molecule has 1 aromatic carbocycles. The van der Waals surface area contributed by atoms with Crippen LogP contribution in [0.15, 0.2) is 23.2 Å². The fraction of sp³-hybridized carbons (Fsp3) is 0.667. The summed E-state index contributed by atoms with van der Waals surface area (Å²) < 4.78 is 10.9. The van der Waals surface area contributed by atoms with Crippen molar-refractivity contribution in [2.75, 3.05) is 67.6 Å². The summed E-state index contributed by atoms with van der Waals surface area (Å²) in [6.45, 7) is 7.02. The summed E-state index contributed by atoms with van der Waals surface area (Å²) in [5, 5.41) is 3.59. The van der Waals surface area contributed by atoms with Crippen molar-refractivity contribution in [1.82, 2.24) is 20.0 Å². The van der Waals surface area contributed by atoms with Gasteiger partial charge >= 0.3 is 0 Å². The van der Waals surface area contributed by atoms with Crippen molar-refractivity contribution in [3.05, 3.63) is 23.8 Å². The maximum absolute atomic E-state index is 5.53. The number of aliphatic imine (C=N–C) groups is 1. The lowest BCUT2D eigenvalue weighted by Gasteiger charge is -2.37. The van der Waals surface area contributed by atoms with Crippen LogP contribution in [0.5, 0.6) is 11.5 Å². The Kier molecular flexibility index (Phi) is 9.78. The Labute approximate surface area is 192 Å². The van der Waals surface area contributed by atoms with Gasteiger partial charge in [0.1, 0.15) is 11.5 Å². The molecule has 164 valence electrons. The number of hydrogen-bond donors (Lipinski definition) is 1. The van der Waals surface area contributed by atoms with Crippen LogP contribution in [0.2, 0.25) is 0 Å². The lowest BCUT2D eigenvalue weighted by atomic mass is 10.1. The average molecular weight is 517 g/mol. The molecular weight excluding hydrogens is 481 g/mol. The zero-order chi connectivity index (χ0) is 19.9. The molecular formula is C21H36IN5O2. The first-order valence-electron chi connectivity index (χ1n) is 10.2. The molecule has 3 rings (SSSR count). The quantitative estimate of drug-likeness (QED) is 0.355. The van der Waals surface area contributed by atoms with Crippen molar-refractivity contribution in [3.8, 4) is 11.5 Å². The fourth-order valence-electron chi connectivity index (χ4n) is 4.14. The molecule has 29 heavy (non-hydrogen) atoms. The topological polar surface area (TPSA) is 52.6 Å². The molecule has 2 saturated heterocycles. The van der Waals surface area contributed by atoms with E-state index < -0.39 is 0 Å². The summed E-state index contributed by atoms with van der Waals surface area (Å²) in [7, 11) is 7.52. The third-order valence-corrected chi connectivity index (χ3v) is 5.93. The van der Waals surface area contributed by atoms with Gasteiger partial charge in [-0.1, -0.05) is 0 Å². The van der Waals surface area contributed by atoms with E-state index in [9.17, 15) is 0 Å². The molecule has 1 N–H and O–H groups in total. The molecule has 0 amide bonds. The predicted octanol–water partition coefficient (Wildman–Crippen LogP) is 2.11. The van der Waals surface area contributed by atoms with Crippen LogP contribution < -0.4 is 14.8 Å². The standard InChI is InChI=1S/C21H35N5O2.HI/c1-22-21(23-15-18-6-5-9-24(18)2)26-12-10-25(11-13-26)16-17-14-19(27-3)7-8-20(17)28-4;/h7-8,14,18H,5-6,9-13,15-16H2,1-4H3,(H,22,23);1H. The average Bonchev–Trinajstić information content (AvgIpc) is 3.14. The summed E-state index contributed by atoms with van der Waals surface area (Å²) in [4.78, 5) is 11.8. The Morgan fingerprint density at radius 1 is 1.14 bits per heavy atom. The van der Waals surface area contributed by atoms with Crippen LogP contribution in [0, 0.1) is 0 Å². The highest BCUT2D eigenvalue weighted by molar-refractivity contribution is 14.0. The van der Waals surface area contributed by atoms with Crippen LogP contribution in [-0.2, 0) is 6.54 Å². The number of likely N-dealkylation sites (N-methyl/N-ethyl adjacent to an activating group) is 1. The number of hydrogen-bond acceptors (Lipinski definition) is 5. The first-order valence-corrected chi connectivity index (χ1v) is 10.2.